The molecule has 1 N–H and O–H groups in total. The van der Waals surface area contributed by atoms with Gasteiger partial charge in [0.2, 0.25) is 5.91 Å². The van der Waals surface area contributed by atoms with E-state index >= 15 is 0 Å². The van der Waals surface area contributed by atoms with Crippen molar-refractivity contribution in [1.82, 2.24) is 9.97 Å². The highest BCUT2D eigenvalue weighted by Gasteiger charge is 2.07. The maximum absolute atomic E-state index is 11.9. The summed E-state index contributed by atoms with van der Waals surface area (Å²) in [5, 5.41) is 3.88. The minimum Gasteiger partial charge on any atom is -0.310 e. The highest BCUT2D eigenvalue weighted by Crippen LogP contribution is 2.24. The van der Waals surface area contributed by atoms with Gasteiger partial charge in [-0.2, -0.15) is 0 Å². The van der Waals surface area contributed by atoms with Gasteiger partial charge in [0.15, 0.2) is 0 Å². The minimum absolute atomic E-state index is 0.0343. The molecule has 0 saturated carbocycles. The molecule has 22 heavy (non-hydrogen) atoms. The fraction of sp³-hybridized carbons (Fsp3) is 0.188. The number of carbonyl (C=O) groups is 1. The van der Waals surface area contributed by atoms with Gasteiger partial charge in [-0.05, 0) is 30.7 Å². The average molecular weight is 329 g/mol. The zero-order valence-electron chi connectivity index (χ0n) is 12.1. The van der Waals surface area contributed by atoms with Gasteiger partial charge in [0, 0.05) is 11.9 Å². The zero-order valence-corrected chi connectivity index (χ0v) is 13.7. The van der Waals surface area contributed by atoms with Crippen LogP contribution in [0.1, 0.15) is 10.6 Å². The van der Waals surface area contributed by atoms with Gasteiger partial charge >= 0.3 is 0 Å². The van der Waals surface area contributed by atoms with Gasteiger partial charge in [0.05, 0.1) is 16.0 Å². The molecule has 0 bridgehead atoms. The lowest BCUT2D eigenvalue weighted by Gasteiger charge is -2.06. The van der Waals surface area contributed by atoms with Crippen molar-refractivity contribution in [2.24, 2.45) is 0 Å². The maximum Gasteiger partial charge on any atom is 0.235 e. The van der Waals surface area contributed by atoms with E-state index in [1.807, 2.05) is 37.3 Å². The van der Waals surface area contributed by atoms with Crippen molar-refractivity contribution in [3.63, 3.8) is 0 Å². The van der Waals surface area contributed by atoms with E-state index in [1.54, 1.807) is 29.3 Å². The molecule has 2 aromatic heterocycles. The lowest BCUT2D eigenvalue weighted by atomic mass is 10.3. The number of thioether (sulfide) groups is 1. The highest BCUT2D eigenvalue weighted by atomic mass is 32.2. The molecule has 0 spiro atoms. The third-order valence-corrected chi connectivity index (χ3v) is 5.23. The Labute approximate surface area is 137 Å². The fourth-order valence-corrected chi connectivity index (χ4v) is 3.84. The second-order valence-electron chi connectivity index (χ2n) is 4.79. The molecule has 112 valence electrons. The molecule has 1 aromatic carbocycles. The first-order valence-corrected chi connectivity index (χ1v) is 8.83. The molecule has 1 amide bonds. The average Bonchev–Trinajstić information content (AvgIpc) is 2.92. The number of nitrogens with zero attached hydrogens (tertiary/aromatic N) is 2. The number of aryl methyl sites for hydroxylation is 1. The number of rotatable bonds is 5. The Morgan fingerprint density at radius 2 is 2.14 bits per heavy atom. The van der Waals surface area contributed by atoms with E-state index in [9.17, 15) is 4.79 Å². The van der Waals surface area contributed by atoms with Crippen LogP contribution in [0.15, 0.2) is 42.6 Å². The van der Waals surface area contributed by atoms with Gasteiger partial charge in [-0.1, -0.05) is 18.2 Å². The number of anilines is 1. The highest BCUT2D eigenvalue weighted by molar-refractivity contribution is 7.99. The maximum atomic E-state index is 11.9. The number of fused-ring (bicyclic) bond motifs is 1. The van der Waals surface area contributed by atoms with Gasteiger partial charge in [-0.25, -0.2) is 9.97 Å². The topological polar surface area (TPSA) is 54.9 Å². The van der Waals surface area contributed by atoms with Gasteiger partial charge < -0.3 is 5.32 Å². The SMILES string of the molecule is Cc1cccnc1NC(=O)CSCc1nc2ccccc2s1. The van der Waals surface area contributed by atoms with Gasteiger partial charge in [0.25, 0.3) is 0 Å². The van der Waals surface area contributed by atoms with Crippen molar-refractivity contribution in [3.05, 3.63) is 53.2 Å². The summed E-state index contributed by atoms with van der Waals surface area (Å²) in [5.41, 5.74) is 1.99. The number of hydrogen-bond donors (Lipinski definition) is 1. The smallest absolute Gasteiger partial charge is 0.235 e. The second-order valence-corrected chi connectivity index (χ2v) is 6.89. The first kappa shape index (κ1) is 15.0. The number of benzene rings is 1. The molecule has 2 heterocycles. The Morgan fingerprint density at radius 1 is 1.27 bits per heavy atom. The molecule has 0 unspecified atom stereocenters. The van der Waals surface area contributed by atoms with Crippen molar-refractivity contribution >= 4 is 45.0 Å². The number of nitrogens with one attached hydrogen (secondary N) is 1. The predicted octanol–water partition coefficient (Wildman–Crippen LogP) is 3.87. The van der Waals surface area contributed by atoms with Crippen molar-refractivity contribution in [2.45, 2.75) is 12.7 Å². The third kappa shape index (κ3) is 3.64. The number of thiazole rings is 1. The molecule has 0 aliphatic heterocycles. The molecule has 0 radical (unpaired) electrons. The predicted molar refractivity (Wildman–Crippen MR) is 93.4 cm³/mol. The Kier molecular flexibility index (Phi) is 4.70. The largest absolute Gasteiger partial charge is 0.310 e. The van der Waals surface area contributed by atoms with E-state index in [0.29, 0.717) is 11.6 Å². The van der Waals surface area contributed by atoms with Crippen LogP contribution in [0, 0.1) is 6.92 Å². The molecule has 3 aromatic rings. The van der Waals surface area contributed by atoms with Crippen LogP contribution in [0.3, 0.4) is 0 Å². The lowest BCUT2D eigenvalue weighted by Crippen LogP contribution is -2.15. The summed E-state index contributed by atoms with van der Waals surface area (Å²) in [7, 11) is 0. The number of carbonyl (C=O) groups excluding carboxylic acids is 1. The molecular formula is C16H15N3OS2. The van der Waals surface area contributed by atoms with Gasteiger partial charge in [-0.3, -0.25) is 4.79 Å². The molecule has 0 aliphatic carbocycles. The molecule has 6 heteroatoms. The van der Waals surface area contributed by atoms with E-state index in [0.717, 1.165) is 21.8 Å². The van der Waals surface area contributed by atoms with E-state index in [1.165, 1.54) is 4.70 Å². The zero-order chi connectivity index (χ0) is 15.4. The lowest BCUT2D eigenvalue weighted by molar-refractivity contribution is -0.113. The second kappa shape index (κ2) is 6.89. The summed E-state index contributed by atoms with van der Waals surface area (Å²) in [4.78, 5) is 20.7. The number of amides is 1. The monoisotopic (exact) mass is 329 g/mol. The van der Waals surface area contributed by atoms with Crippen molar-refractivity contribution in [3.8, 4) is 0 Å². The van der Waals surface area contributed by atoms with Gasteiger partial charge in [0.1, 0.15) is 10.8 Å². The minimum atomic E-state index is -0.0343. The van der Waals surface area contributed by atoms with Crippen LogP contribution in [0.25, 0.3) is 10.2 Å². The van der Waals surface area contributed by atoms with E-state index in [2.05, 4.69) is 21.4 Å². The van der Waals surface area contributed by atoms with E-state index in [4.69, 9.17) is 0 Å². The normalized spacial score (nSPS) is 10.8. The Morgan fingerprint density at radius 3 is 2.95 bits per heavy atom. The van der Waals surface area contributed by atoms with E-state index in [-0.39, 0.29) is 5.91 Å². The number of hydrogen-bond acceptors (Lipinski definition) is 5. The van der Waals surface area contributed by atoms with Crippen molar-refractivity contribution < 1.29 is 4.79 Å². The third-order valence-electron chi connectivity index (χ3n) is 3.06. The molecule has 0 atom stereocenters. The molecule has 4 nitrogen and oxygen atoms in total. The fourth-order valence-electron chi connectivity index (χ4n) is 2.00. The van der Waals surface area contributed by atoms with Crippen LogP contribution in [-0.2, 0) is 10.5 Å². The first-order chi connectivity index (χ1) is 10.7. The summed E-state index contributed by atoms with van der Waals surface area (Å²) in [6.45, 7) is 1.93. The molecule has 0 fully saturated rings. The van der Waals surface area contributed by atoms with Crippen LogP contribution in [-0.4, -0.2) is 21.6 Å². The Bertz CT molecular complexity index is 768. The van der Waals surface area contributed by atoms with Gasteiger partial charge in [-0.15, -0.1) is 23.1 Å². The number of aromatic nitrogens is 2. The summed E-state index contributed by atoms with van der Waals surface area (Å²) in [6.07, 6.45) is 1.68. The molecule has 0 saturated heterocycles. The van der Waals surface area contributed by atoms with E-state index < -0.39 is 0 Å². The number of pyridine rings is 1. The summed E-state index contributed by atoms with van der Waals surface area (Å²) in [5.74, 6) is 1.74. The molecule has 3 rings (SSSR count). The van der Waals surface area contributed by atoms with Crippen LogP contribution in [0.5, 0.6) is 0 Å². The Balaban J connectivity index is 1.52. The summed E-state index contributed by atoms with van der Waals surface area (Å²) in [6, 6.07) is 11.9. The quantitative estimate of drug-likeness (QED) is 0.772. The molecule has 0 aliphatic rings. The Hall–Kier alpha value is -1.92. The van der Waals surface area contributed by atoms with Crippen molar-refractivity contribution in [1.29, 1.82) is 0 Å². The first-order valence-electron chi connectivity index (χ1n) is 6.86. The van der Waals surface area contributed by atoms with Crippen LogP contribution < -0.4 is 5.32 Å². The van der Waals surface area contributed by atoms with Crippen LogP contribution in [0.2, 0.25) is 0 Å². The molecular weight excluding hydrogens is 314 g/mol. The number of para-hydroxylation sites is 1. The van der Waals surface area contributed by atoms with Crippen molar-refractivity contribution in [2.75, 3.05) is 11.1 Å². The summed E-state index contributed by atoms with van der Waals surface area (Å²) >= 11 is 3.24. The summed E-state index contributed by atoms with van der Waals surface area (Å²) < 4.78 is 1.19. The van der Waals surface area contributed by atoms with Crippen LogP contribution >= 0.6 is 23.1 Å². The standard InChI is InChI=1S/C16H15N3OS2/c1-11-5-4-8-17-16(11)19-14(20)9-21-10-15-18-12-6-2-3-7-13(12)22-15/h2-8H,9-10H2,1H3,(H,17,19,20). The van der Waals surface area contributed by atoms with Crippen LogP contribution in [0.4, 0.5) is 5.82 Å².